The lowest BCUT2D eigenvalue weighted by Gasteiger charge is -2.27. The van der Waals surface area contributed by atoms with E-state index >= 15 is 0 Å². The van der Waals surface area contributed by atoms with Crippen LogP contribution < -0.4 is 11.1 Å². The summed E-state index contributed by atoms with van der Waals surface area (Å²) < 4.78 is 13.3. The minimum absolute atomic E-state index is 0.111. The summed E-state index contributed by atoms with van der Waals surface area (Å²) in [6.07, 6.45) is 3.43. The molecule has 3 N–H and O–H groups in total. The van der Waals surface area contributed by atoms with Crippen LogP contribution in [-0.2, 0) is 0 Å². The molecule has 104 valence electrons. The van der Waals surface area contributed by atoms with Crippen molar-refractivity contribution in [3.63, 3.8) is 0 Å². The third-order valence-corrected chi connectivity index (χ3v) is 3.66. The molecule has 1 saturated carbocycles. The molecule has 0 spiro atoms. The number of hydrogen-bond donors (Lipinski definition) is 2. The molecule has 19 heavy (non-hydrogen) atoms. The van der Waals surface area contributed by atoms with Gasteiger partial charge in [0.05, 0.1) is 16.0 Å². The Hall–Kier alpha value is -1.40. The first kappa shape index (κ1) is 14.0. The summed E-state index contributed by atoms with van der Waals surface area (Å²) in [6.45, 7) is 0. The van der Waals surface area contributed by atoms with E-state index in [2.05, 4.69) is 5.32 Å². The Balaban J connectivity index is 2.19. The SMILES string of the molecule is NC1CCC(Nc2cc(Cl)c(F)cc2[N+](=O)[O-])CC1. The maximum absolute atomic E-state index is 13.3. The predicted molar refractivity (Wildman–Crippen MR) is 71.9 cm³/mol. The first-order valence-corrected chi connectivity index (χ1v) is 6.50. The molecule has 0 aliphatic heterocycles. The normalized spacial score (nSPS) is 23.1. The standard InChI is InChI=1S/C12H15ClFN3O2/c13-9-5-11(12(17(18)19)6-10(9)14)16-8-3-1-7(15)2-4-8/h5-8,16H,1-4,15H2. The highest BCUT2D eigenvalue weighted by atomic mass is 35.5. The van der Waals surface area contributed by atoms with Gasteiger partial charge in [0, 0.05) is 12.1 Å². The van der Waals surface area contributed by atoms with Crippen LogP contribution in [0.2, 0.25) is 5.02 Å². The average molecular weight is 288 g/mol. The molecule has 0 aromatic heterocycles. The molecule has 0 heterocycles. The summed E-state index contributed by atoms with van der Waals surface area (Å²) in [5.41, 5.74) is 5.77. The Bertz CT molecular complexity index is 490. The fourth-order valence-electron chi connectivity index (χ4n) is 2.29. The van der Waals surface area contributed by atoms with Gasteiger partial charge in [-0.2, -0.15) is 0 Å². The van der Waals surface area contributed by atoms with Gasteiger partial charge in [-0.3, -0.25) is 10.1 Å². The van der Waals surface area contributed by atoms with E-state index in [4.69, 9.17) is 17.3 Å². The highest BCUT2D eigenvalue weighted by molar-refractivity contribution is 6.31. The first-order chi connectivity index (χ1) is 8.97. The maximum atomic E-state index is 13.3. The van der Waals surface area contributed by atoms with Gasteiger partial charge in [-0.15, -0.1) is 0 Å². The van der Waals surface area contributed by atoms with Crippen molar-refractivity contribution < 1.29 is 9.31 Å². The van der Waals surface area contributed by atoms with Crippen LogP contribution in [0.25, 0.3) is 0 Å². The third kappa shape index (κ3) is 3.33. The second-order valence-electron chi connectivity index (χ2n) is 4.80. The zero-order chi connectivity index (χ0) is 14.0. The lowest BCUT2D eigenvalue weighted by atomic mass is 9.91. The molecule has 1 aromatic carbocycles. The van der Waals surface area contributed by atoms with Gasteiger partial charge in [0.2, 0.25) is 0 Å². The highest BCUT2D eigenvalue weighted by Gasteiger charge is 2.23. The Morgan fingerprint density at radius 1 is 1.37 bits per heavy atom. The topological polar surface area (TPSA) is 81.2 Å². The number of anilines is 1. The van der Waals surface area contributed by atoms with E-state index in [1.165, 1.54) is 6.07 Å². The van der Waals surface area contributed by atoms with Gasteiger partial charge < -0.3 is 11.1 Å². The quantitative estimate of drug-likeness (QED) is 0.661. The van der Waals surface area contributed by atoms with Crippen molar-refractivity contribution in [1.29, 1.82) is 0 Å². The number of rotatable bonds is 3. The maximum Gasteiger partial charge on any atom is 0.295 e. The summed E-state index contributed by atoms with van der Waals surface area (Å²) in [5, 5.41) is 13.9. The second kappa shape index (κ2) is 5.71. The molecule has 0 saturated heterocycles. The minimum Gasteiger partial charge on any atom is -0.377 e. The molecule has 0 radical (unpaired) electrons. The van der Waals surface area contributed by atoms with Gasteiger partial charge in [0.15, 0.2) is 0 Å². The van der Waals surface area contributed by atoms with E-state index in [1.54, 1.807) is 0 Å². The number of nitrogens with one attached hydrogen (secondary N) is 1. The Kier molecular flexibility index (Phi) is 4.21. The zero-order valence-electron chi connectivity index (χ0n) is 10.2. The monoisotopic (exact) mass is 287 g/mol. The van der Waals surface area contributed by atoms with Crippen LogP contribution in [0.1, 0.15) is 25.7 Å². The van der Waals surface area contributed by atoms with Crippen molar-refractivity contribution in [2.24, 2.45) is 5.73 Å². The molecule has 0 amide bonds. The number of nitrogens with two attached hydrogens (primary N) is 1. The van der Waals surface area contributed by atoms with E-state index < -0.39 is 10.7 Å². The molecule has 2 rings (SSSR count). The molecular weight excluding hydrogens is 273 g/mol. The van der Waals surface area contributed by atoms with Crippen molar-refractivity contribution >= 4 is 23.0 Å². The van der Waals surface area contributed by atoms with Gasteiger partial charge in [0.1, 0.15) is 11.5 Å². The molecular formula is C12H15ClFN3O2. The average Bonchev–Trinajstić information content (AvgIpc) is 2.36. The van der Waals surface area contributed by atoms with Gasteiger partial charge >= 0.3 is 0 Å². The molecule has 5 nitrogen and oxygen atoms in total. The van der Waals surface area contributed by atoms with E-state index in [9.17, 15) is 14.5 Å². The molecule has 1 aromatic rings. The molecule has 1 fully saturated rings. The fraction of sp³-hybridized carbons (Fsp3) is 0.500. The van der Waals surface area contributed by atoms with Crippen LogP contribution in [0, 0.1) is 15.9 Å². The summed E-state index contributed by atoms with van der Waals surface area (Å²) in [7, 11) is 0. The summed E-state index contributed by atoms with van der Waals surface area (Å²) in [4.78, 5) is 10.3. The van der Waals surface area contributed by atoms with E-state index in [-0.39, 0.29) is 28.5 Å². The van der Waals surface area contributed by atoms with Gasteiger partial charge in [-0.25, -0.2) is 4.39 Å². The van der Waals surface area contributed by atoms with Crippen molar-refractivity contribution in [2.75, 3.05) is 5.32 Å². The summed E-state index contributed by atoms with van der Waals surface area (Å²) >= 11 is 5.67. The fourth-order valence-corrected chi connectivity index (χ4v) is 2.45. The molecule has 7 heteroatoms. The Morgan fingerprint density at radius 3 is 2.58 bits per heavy atom. The molecule has 1 aliphatic carbocycles. The Labute approximate surface area is 115 Å². The van der Waals surface area contributed by atoms with Crippen molar-refractivity contribution in [3.8, 4) is 0 Å². The van der Waals surface area contributed by atoms with Gasteiger partial charge in [-0.1, -0.05) is 11.6 Å². The molecule has 0 atom stereocenters. The van der Waals surface area contributed by atoms with Crippen LogP contribution in [-0.4, -0.2) is 17.0 Å². The smallest absolute Gasteiger partial charge is 0.295 e. The summed E-state index contributed by atoms with van der Waals surface area (Å²) in [6, 6.07) is 2.42. The number of nitro benzene ring substituents is 1. The van der Waals surface area contributed by atoms with Gasteiger partial charge in [-0.05, 0) is 31.7 Å². The van der Waals surface area contributed by atoms with E-state index in [0.29, 0.717) is 0 Å². The first-order valence-electron chi connectivity index (χ1n) is 6.13. The van der Waals surface area contributed by atoms with Crippen molar-refractivity contribution in [1.82, 2.24) is 0 Å². The van der Waals surface area contributed by atoms with Crippen LogP contribution in [0.5, 0.6) is 0 Å². The van der Waals surface area contributed by atoms with E-state index in [1.807, 2.05) is 0 Å². The molecule has 0 unspecified atom stereocenters. The number of halogens is 2. The number of benzene rings is 1. The highest BCUT2D eigenvalue weighted by Crippen LogP contribution is 2.32. The number of nitro groups is 1. The predicted octanol–water partition coefficient (Wildman–Crippen LogP) is 3.07. The van der Waals surface area contributed by atoms with Crippen LogP contribution in [0.15, 0.2) is 12.1 Å². The second-order valence-corrected chi connectivity index (χ2v) is 5.20. The molecule has 1 aliphatic rings. The van der Waals surface area contributed by atoms with Crippen LogP contribution in [0.3, 0.4) is 0 Å². The lowest BCUT2D eigenvalue weighted by Crippen LogP contribution is -2.32. The third-order valence-electron chi connectivity index (χ3n) is 3.37. The van der Waals surface area contributed by atoms with Gasteiger partial charge in [0.25, 0.3) is 5.69 Å². The lowest BCUT2D eigenvalue weighted by molar-refractivity contribution is -0.384. The van der Waals surface area contributed by atoms with Crippen molar-refractivity contribution in [3.05, 3.63) is 33.1 Å². The minimum atomic E-state index is -0.787. The van der Waals surface area contributed by atoms with Crippen LogP contribution in [0.4, 0.5) is 15.8 Å². The summed E-state index contributed by atoms with van der Waals surface area (Å²) in [5.74, 6) is -0.787. The van der Waals surface area contributed by atoms with Crippen LogP contribution >= 0.6 is 11.6 Å². The molecule has 0 bridgehead atoms. The number of hydrogen-bond acceptors (Lipinski definition) is 4. The van der Waals surface area contributed by atoms with Crippen molar-refractivity contribution in [2.45, 2.75) is 37.8 Å². The number of nitrogens with zero attached hydrogens (tertiary/aromatic N) is 1. The largest absolute Gasteiger partial charge is 0.377 e. The van der Waals surface area contributed by atoms with E-state index in [0.717, 1.165) is 31.7 Å². The zero-order valence-corrected chi connectivity index (χ0v) is 11.0. The Morgan fingerprint density at radius 2 is 2.00 bits per heavy atom.